The first-order valence-corrected chi connectivity index (χ1v) is 8.12. The molecule has 3 aromatic rings. The Morgan fingerprint density at radius 3 is 3.25 bits per heavy atom. The van der Waals surface area contributed by atoms with Gasteiger partial charge in [0.25, 0.3) is 0 Å². The van der Waals surface area contributed by atoms with Crippen LogP contribution < -0.4 is 5.32 Å². The molecule has 4 rings (SSSR count). The molecule has 0 aromatic carbocycles. The molecule has 7 heteroatoms. The summed E-state index contributed by atoms with van der Waals surface area (Å²) in [4.78, 5) is 16.6. The van der Waals surface area contributed by atoms with Crippen molar-refractivity contribution in [1.29, 1.82) is 0 Å². The van der Waals surface area contributed by atoms with E-state index in [-0.39, 0.29) is 11.8 Å². The number of aromatic nitrogens is 4. The van der Waals surface area contributed by atoms with E-state index in [9.17, 15) is 4.79 Å². The van der Waals surface area contributed by atoms with Crippen molar-refractivity contribution in [3.63, 3.8) is 0 Å². The maximum Gasteiger partial charge on any atom is 0.223 e. The van der Waals surface area contributed by atoms with Crippen LogP contribution in [0.2, 0.25) is 0 Å². The van der Waals surface area contributed by atoms with Gasteiger partial charge in [0.15, 0.2) is 0 Å². The van der Waals surface area contributed by atoms with Crippen LogP contribution in [0.1, 0.15) is 12.2 Å². The van der Waals surface area contributed by atoms with Gasteiger partial charge in [0.05, 0.1) is 25.3 Å². The molecule has 0 saturated heterocycles. The average molecular weight is 325 g/mol. The van der Waals surface area contributed by atoms with Crippen molar-refractivity contribution in [3.8, 4) is 11.1 Å². The number of hydrogen-bond donors (Lipinski definition) is 1. The fourth-order valence-electron chi connectivity index (χ4n) is 3.08. The van der Waals surface area contributed by atoms with E-state index < -0.39 is 0 Å². The Morgan fingerprint density at radius 2 is 2.38 bits per heavy atom. The van der Waals surface area contributed by atoms with Crippen molar-refractivity contribution in [3.05, 3.63) is 49.2 Å². The number of carbonyl (C=O) groups is 1. The number of nitrogens with one attached hydrogen (secondary N) is 1. The third-order valence-electron chi connectivity index (χ3n) is 4.45. The van der Waals surface area contributed by atoms with Crippen LogP contribution in [0.4, 0.5) is 0 Å². The molecule has 0 fully saturated rings. The lowest BCUT2D eigenvalue weighted by molar-refractivity contribution is -0.125. The standard InChI is InChI=1S/C17H19N5O2/c23-17(13-1-5-21-6-3-18-16(21)9-13)19-4-7-22-11-15(10-20-22)14-2-8-24-12-14/h2-3,6,8,10-13H,1,4-5,7,9H2,(H,19,23). The predicted molar refractivity (Wildman–Crippen MR) is 87.0 cm³/mol. The smallest absolute Gasteiger partial charge is 0.223 e. The van der Waals surface area contributed by atoms with Crippen LogP contribution in [0.5, 0.6) is 0 Å². The van der Waals surface area contributed by atoms with Crippen LogP contribution in [0.15, 0.2) is 47.8 Å². The summed E-state index contributed by atoms with van der Waals surface area (Å²) < 4.78 is 9.02. The number of imidazole rings is 1. The minimum absolute atomic E-state index is 0.0130. The summed E-state index contributed by atoms with van der Waals surface area (Å²) in [7, 11) is 0. The largest absolute Gasteiger partial charge is 0.472 e. The summed E-state index contributed by atoms with van der Waals surface area (Å²) in [5.41, 5.74) is 2.01. The third-order valence-corrected chi connectivity index (χ3v) is 4.45. The molecule has 1 amide bonds. The number of amides is 1. The van der Waals surface area contributed by atoms with Crippen molar-refractivity contribution in [2.24, 2.45) is 5.92 Å². The third kappa shape index (κ3) is 2.97. The Labute approximate surface area is 139 Å². The van der Waals surface area contributed by atoms with Crippen LogP contribution in [0, 0.1) is 5.92 Å². The van der Waals surface area contributed by atoms with Crippen LogP contribution >= 0.6 is 0 Å². The molecule has 3 aromatic heterocycles. The summed E-state index contributed by atoms with van der Waals surface area (Å²) in [6, 6.07) is 1.90. The minimum Gasteiger partial charge on any atom is -0.472 e. The van der Waals surface area contributed by atoms with E-state index in [4.69, 9.17) is 4.42 Å². The van der Waals surface area contributed by atoms with E-state index in [2.05, 4.69) is 20.0 Å². The molecular formula is C17H19N5O2. The molecule has 1 unspecified atom stereocenters. The van der Waals surface area contributed by atoms with Crippen molar-refractivity contribution in [2.45, 2.75) is 25.9 Å². The Kier molecular flexibility index (Phi) is 3.90. The van der Waals surface area contributed by atoms with Gasteiger partial charge in [0, 0.05) is 55.1 Å². The molecule has 124 valence electrons. The summed E-state index contributed by atoms with van der Waals surface area (Å²) in [6.07, 6.45) is 12.4. The quantitative estimate of drug-likeness (QED) is 0.775. The number of fused-ring (bicyclic) bond motifs is 1. The first-order valence-electron chi connectivity index (χ1n) is 8.12. The summed E-state index contributed by atoms with van der Waals surface area (Å²) in [5.74, 6) is 1.11. The first-order chi connectivity index (χ1) is 11.8. The second-order valence-electron chi connectivity index (χ2n) is 6.02. The molecule has 1 N–H and O–H groups in total. The molecule has 0 radical (unpaired) electrons. The molecule has 0 spiro atoms. The second kappa shape index (κ2) is 6.35. The monoisotopic (exact) mass is 325 g/mol. The molecule has 7 nitrogen and oxygen atoms in total. The topological polar surface area (TPSA) is 77.9 Å². The Bertz CT molecular complexity index is 818. The molecule has 0 saturated carbocycles. The summed E-state index contributed by atoms with van der Waals surface area (Å²) in [6.45, 7) is 2.07. The van der Waals surface area contributed by atoms with E-state index in [0.29, 0.717) is 19.5 Å². The van der Waals surface area contributed by atoms with E-state index in [1.54, 1.807) is 24.9 Å². The maximum absolute atomic E-state index is 12.3. The molecule has 24 heavy (non-hydrogen) atoms. The van der Waals surface area contributed by atoms with Gasteiger partial charge in [-0.1, -0.05) is 0 Å². The van der Waals surface area contributed by atoms with Gasteiger partial charge in [-0.3, -0.25) is 9.48 Å². The van der Waals surface area contributed by atoms with Gasteiger partial charge in [0.2, 0.25) is 5.91 Å². The normalized spacial score (nSPS) is 16.8. The van der Waals surface area contributed by atoms with Gasteiger partial charge in [-0.15, -0.1) is 0 Å². The van der Waals surface area contributed by atoms with Crippen LogP contribution in [0.3, 0.4) is 0 Å². The fraction of sp³-hybridized carbons (Fsp3) is 0.353. The van der Waals surface area contributed by atoms with Crippen molar-refractivity contribution >= 4 is 5.91 Å². The molecule has 1 atom stereocenters. The summed E-state index contributed by atoms with van der Waals surface area (Å²) >= 11 is 0. The molecule has 0 bridgehead atoms. The number of furan rings is 1. The highest BCUT2D eigenvalue weighted by molar-refractivity contribution is 5.78. The number of nitrogens with zero attached hydrogens (tertiary/aromatic N) is 4. The Morgan fingerprint density at radius 1 is 1.42 bits per heavy atom. The zero-order valence-electron chi connectivity index (χ0n) is 13.3. The van der Waals surface area contributed by atoms with Gasteiger partial charge in [0.1, 0.15) is 5.82 Å². The van der Waals surface area contributed by atoms with Crippen molar-refractivity contribution < 1.29 is 9.21 Å². The minimum atomic E-state index is 0.0130. The highest BCUT2D eigenvalue weighted by Crippen LogP contribution is 2.19. The first kappa shape index (κ1) is 14.7. The lowest BCUT2D eigenvalue weighted by Crippen LogP contribution is -2.36. The highest BCUT2D eigenvalue weighted by atomic mass is 16.3. The van der Waals surface area contributed by atoms with E-state index >= 15 is 0 Å². The van der Waals surface area contributed by atoms with Gasteiger partial charge < -0.3 is 14.3 Å². The van der Waals surface area contributed by atoms with Crippen molar-refractivity contribution in [1.82, 2.24) is 24.6 Å². The maximum atomic E-state index is 12.3. The van der Waals surface area contributed by atoms with Crippen LogP contribution in [-0.2, 0) is 24.3 Å². The Balaban J connectivity index is 1.28. The Hall–Kier alpha value is -2.83. The van der Waals surface area contributed by atoms with Gasteiger partial charge in [-0.2, -0.15) is 5.10 Å². The fourth-order valence-corrected chi connectivity index (χ4v) is 3.08. The lowest BCUT2D eigenvalue weighted by Gasteiger charge is -2.22. The predicted octanol–water partition coefficient (Wildman–Crippen LogP) is 1.72. The van der Waals surface area contributed by atoms with Gasteiger partial charge in [-0.25, -0.2) is 4.98 Å². The molecule has 1 aliphatic rings. The summed E-state index contributed by atoms with van der Waals surface area (Å²) in [5, 5.41) is 7.33. The molecule has 0 aliphatic carbocycles. The van der Waals surface area contributed by atoms with Crippen molar-refractivity contribution in [2.75, 3.05) is 6.54 Å². The number of aryl methyl sites for hydroxylation is 1. The average Bonchev–Trinajstić information content (AvgIpc) is 3.34. The van der Waals surface area contributed by atoms with E-state index in [1.165, 1.54) is 0 Å². The van der Waals surface area contributed by atoms with Crippen LogP contribution in [0.25, 0.3) is 11.1 Å². The van der Waals surface area contributed by atoms with E-state index in [0.717, 1.165) is 29.9 Å². The van der Waals surface area contributed by atoms with Gasteiger partial charge >= 0.3 is 0 Å². The molecular weight excluding hydrogens is 306 g/mol. The van der Waals surface area contributed by atoms with Gasteiger partial charge in [-0.05, 0) is 12.5 Å². The number of carbonyl (C=O) groups excluding carboxylic acids is 1. The molecule has 1 aliphatic heterocycles. The SMILES string of the molecule is O=C(NCCn1cc(-c2ccoc2)cn1)C1CCn2ccnc2C1. The lowest BCUT2D eigenvalue weighted by atomic mass is 9.97. The van der Waals surface area contributed by atoms with Crippen LogP contribution in [-0.4, -0.2) is 31.8 Å². The highest BCUT2D eigenvalue weighted by Gasteiger charge is 2.24. The van der Waals surface area contributed by atoms with E-state index in [1.807, 2.05) is 23.1 Å². The zero-order valence-corrected chi connectivity index (χ0v) is 13.3. The molecule has 4 heterocycles. The number of hydrogen-bond acceptors (Lipinski definition) is 4. The zero-order chi connectivity index (χ0) is 16.4. The second-order valence-corrected chi connectivity index (χ2v) is 6.02. The number of rotatable bonds is 5.